The standard InChI is InChI=1S/C14H12BrClINOS/c1-2-18(8-10-4-6-13(15)20-10)14(19)9-3-5-12(17)11(16)7-9/h3-7H,2,8H2,1H3. The predicted molar refractivity (Wildman–Crippen MR) is 96.6 cm³/mol. The van der Waals surface area contributed by atoms with Gasteiger partial charge in [-0.3, -0.25) is 4.79 Å². The lowest BCUT2D eigenvalue weighted by Gasteiger charge is -2.20. The molecule has 0 aliphatic heterocycles. The van der Waals surface area contributed by atoms with Gasteiger partial charge in [0.15, 0.2) is 0 Å². The van der Waals surface area contributed by atoms with E-state index >= 15 is 0 Å². The largest absolute Gasteiger partial charge is 0.334 e. The van der Waals surface area contributed by atoms with Crippen LogP contribution in [0.5, 0.6) is 0 Å². The minimum atomic E-state index is 0.00956. The van der Waals surface area contributed by atoms with Gasteiger partial charge in [0.1, 0.15) is 0 Å². The van der Waals surface area contributed by atoms with Crippen LogP contribution in [-0.2, 0) is 6.54 Å². The normalized spacial score (nSPS) is 10.6. The molecule has 2 nitrogen and oxygen atoms in total. The maximum absolute atomic E-state index is 12.5. The summed E-state index contributed by atoms with van der Waals surface area (Å²) in [5, 5.41) is 0.617. The molecule has 1 heterocycles. The van der Waals surface area contributed by atoms with Crippen molar-refractivity contribution in [1.82, 2.24) is 4.90 Å². The Labute approximate surface area is 149 Å². The van der Waals surface area contributed by atoms with Crippen molar-refractivity contribution in [2.75, 3.05) is 6.54 Å². The van der Waals surface area contributed by atoms with E-state index in [4.69, 9.17) is 11.6 Å². The first-order chi connectivity index (χ1) is 9.51. The molecule has 1 aromatic heterocycles. The molecule has 1 amide bonds. The van der Waals surface area contributed by atoms with Crippen molar-refractivity contribution in [3.8, 4) is 0 Å². The Bertz CT molecular complexity index is 631. The van der Waals surface area contributed by atoms with Crippen LogP contribution in [-0.4, -0.2) is 17.4 Å². The Kier molecular flexibility index (Phi) is 5.89. The molecule has 20 heavy (non-hydrogen) atoms. The Hall–Kier alpha value is -0.110. The van der Waals surface area contributed by atoms with Crippen molar-refractivity contribution >= 4 is 67.4 Å². The monoisotopic (exact) mass is 483 g/mol. The molecule has 6 heteroatoms. The minimum Gasteiger partial charge on any atom is -0.334 e. The number of nitrogens with zero attached hydrogens (tertiary/aromatic N) is 1. The number of benzene rings is 1. The second-order valence-electron chi connectivity index (χ2n) is 4.15. The van der Waals surface area contributed by atoms with Crippen molar-refractivity contribution in [2.45, 2.75) is 13.5 Å². The number of hydrogen-bond donors (Lipinski definition) is 0. The fourth-order valence-electron chi connectivity index (χ4n) is 1.76. The summed E-state index contributed by atoms with van der Waals surface area (Å²) < 4.78 is 2.03. The molecular formula is C14H12BrClINOS. The number of hydrogen-bond acceptors (Lipinski definition) is 2. The van der Waals surface area contributed by atoms with Gasteiger partial charge in [-0.25, -0.2) is 0 Å². The highest BCUT2D eigenvalue weighted by Crippen LogP contribution is 2.25. The Morgan fingerprint density at radius 3 is 2.70 bits per heavy atom. The van der Waals surface area contributed by atoms with Crippen LogP contribution in [0.2, 0.25) is 5.02 Å². The molecule has 0 spiro atoms. The zero-order valence-corrected chi connectivity index (χ0v) is 16.0. The lowest BCUT2D eigenvalue weighted by atomic mass is 10.2. The van der Waals surface area contributed by atoms with E-state index in [-0.39, 0.29) is 5.91 Å². The van der Waals surface area contributed by atoms with E-state index in [1.54, 1.807) is 17.4 Å². The van der Waals surface area contributed by atoms with E-state index in [1.807, 2.05) is 36.1 Å². The molecular weight excluding hydrogens is 472 g/mol. The molecule has 0 unspecified atom stereocenters. The van der Waals surface area contributed by atoms with E-state index in [0.717, 1.165) is 12.2 Å². The number of halogens is 3. The maximum atomic E-state index is 12.5. The van der Waals surface area contributed by atoms with Gasteiger partial charge in [-0.1, -0.05) is 11.6 Å². The van der Waals surface area contributed by atoms with E-state index in [2.05, 4.69) is 38.5 Å². The molecule has 106 valence electrons. The molecule has 2 rings (SSSR count). The molecule has 0 saturated carbocycles. The summed E-state index contributed by atoms with van der Waals surface area (Å²) in [4.78, 5) is 15.5. The summed E-state index contributed by atoms with van der Waals surface area (Å²) in [5.74, 6) is 0.00956. The SMILES string of the molecule is CCN(Cc1ccc(Br)s1)C(=O)c1ccc(I)c(Cl)c1. The number of carbonyl (C=O) groups excluding carboxylic acids is 1. The second kappa shape index (κ2) is 7.24. The molecule has 0 atom stereocenters. The first kappa shape index (κ1) is 16.3. The number of thiophene rings is 1. The van der Waals surface area contributed by atoms with E-state index in [1.165, 1.54) is 0 Å². The number of rotatable bonds is 4. The van der Waals surface area contributed by atoms with Gasteiger partial charge in [0.05, 0.1) is 15.4 Å². The Morgan fingerprint density at radius 2 is 2.15 bits per heavy atom. The van der Waals surface area contributed by atoms with Gasteiger partial charge < -0.3 is 4.90 Å². The van der Waals surface area contributed by atoms with Crippen LogP contribution in [0.15, 0.2) is 34.1 Å². The average Bonchev–Trinajstić information content (AvgIpc) is 2.84. The predicted octanol–water partition coefficient (Wildman–Crippen LogP) is 5.43. The lowest BCUT2D eigenvalue weighted by molar-refractivity contribution is 0.0754. The number of amides is 1. The summed E-state index contributed by atoms with van der Waals surface area (Å²) in [5.41, 5.74) is 0.632. The molecule has 1 aromatic carbocycles. The van der Waals surface area contributed by atoms with E-state index in [9.17, 15) is 4.79 Å². The van der Waals surface area contributed by atoms with Crippen LogP contribution in [0.4, 0.5) is 0 Å². The molecule has 0 saturated heterocycles. The third-order valence-corrected chi connectivity index (χ3v) is 5.99. The van der Waals surface area contributed by atoms with Crippen LogP contribution in [0.3, 0.4) is 0 Å². The van der Waals surface area contributed by atoms with Crippen LogP contribution in [0, 0.1) is 3.57 Å². The lowest BCUT2D eigenvalue weighted by Crippen LogP contribution is -2.30. The maximum Gasteiger partial charge on any atom is 0.254 e. The first-order valence-electron chi connectivity index (χ1n) is 5.99. The van der Waals surface area contributed by atoms with Gasteiger partial charge in [-0.15, -0.1) is 11.3 Å². The van der Waals surface area contributed by atoms with Crippen molar-refractivity contribution in [1.29, 1.82) is 0 Å². The molecule has 0 aliphatic rings. The highest BCUT2D eigenvalue weighted by Gasteiger charge is 2.16. The zero-order valence-electron chi connectivity index (χ0n) is 10.7. The van der Waals surface area contributed by atoms with Gasteiger partial charge in [0.2, 0.25) is 0 Å². The highest BCUT2D eigenvalue weighted by atomic mass is 127. The van der Waals surface area contributed by atoms with Crippen molar-refractivity contribution < 1.29 is 4.79 Å². The molecule has 2 aromatic rings. The smallest absolute Gasteiger partial charge is 0.254 e. The van der Waals surface area contributed by atoms with Gasteiger partial charge in [0.25, 0.3) is 5.91 Å². The highest BCUT2D eigenvalue weighted by molar-refractivity contribution is 14.1. The summed E-state index contributed by atoms with van der Waals surface area (Å²) in [6.45, 7) is 3.27. The summed E-state index contributed by atoms with van der Waals surface area (Å²) in [7, 11) is 0. The van der Waals surface area contributed by atoms with Crippen molar-refractivity contribution in [3.63, 3.8) is 0 Å². The fraction of sp³-hybridized carbons (Fsp3) is 0.214. The second-order valence-corrected chi connectivity index (χ2v) is 8.27. The minimum absolute atomic E-state index is 0.00956. The third kappa shape index (κ3) is 3.96. The quantitative estimate of drug-likeness (QED) is 0.530. The fourth-order valence-corrected chi connectivity index (χ4v) is 3.78. The topological polar surface area (TPSA) is 20.3 Å². The van der Waals surface area contributed by atoms with Crippen LogP contribution < -0.4 is 0 Å². The third-order valence-electron chi connectivity index (χ3n) is 2.81. The summed E-state index contributed by atoms with van der Waals surface area (Å²) in [6.07, 6.45) is 0. The molecule has 0 bridgehead atoms. The van der Waals surface area contributed by atoms with Gasteiger partial charge >= 0.3 is 0 Å². The average molecular weight is 485 g/mol. The van der Waals surface area contributed by atoms with E-state index in [0.29, 0.717) is 23.7 Å². The molecule has 0 fully saturated rings. The Balaban J connectivity index is 2.18. The summed E-state index contributed by atoms with van der Waals surface area (Å²) in [6, 6.07) is 9.46. The molecule has 0 aliphatic carbocycles. The van der Waals surface area contributed by atoms with Gasteiger partial charge in [0, 0.05) is 20.6 Å². The van der Waals surface area contributed by atoms with Gasteiger partial charge in [-0.2, -0.15) is 0 Å². The van der Waals surface area contributed by atoms with Crippen LogP contribution in [0.1, 0.15) is 22.2 Å². The van der Waals surface area contributed by atoms with E-state index < -0.39 is 0 Å². The Morgan fingerprint density at radius 1 is 1.40 bits per heavy atom. The van der Waals surface area contributed by atoms with Crippen molar-refractivity contribution in [2.24, 2.45) is 0 Å². The first-order valence-corrected chi connectivity index (χ1v) is 9.06. The summed E-state index contributed by atoms with van der Waals surface area (Å²) >= 11 is 13.3. The van der Waals surface area contributed by atoms with Crippen molar-refractivity contribution in [3.05, 3.63) is 53.2 Å². The molecule has 0 radical (unpaired) electrons. The number of carbonyl (C=O) groups is 1. The van der Waals surface area contributed by atoms with Crippen LogP contribution >= 0.6 is 61.5 Å². The zero-order chi connectivity index (χ0) is 14.7. The molecule has 0 N–H and O–H groups in total. The van der Waals surface area contributed by atoms with Gasteiger partial charge in [-0.05, 0) is 75.8 Å². The van der Waals surface area contributed by atoms with Crippen LogP contribution in [0.25, 0.3) is 0 Å².